The summed E-state index contributed by atoms with van der Waals surface area (Å²) in [7, 11) is -1.19. The highest BCUT2D eigenvalue weighted by Crippen LogP contribution is 2.97. The van der Waals surface area contributed by atoms with Crippen molar-refractivity contribution in [1.29, 1.82) is 0 Å². The summed E-state index contributed by atoms with van der Waals surface area (Å²) in [5, 5.41) is 3.21. The molecule has 1 aromatic carbocycles. The van der Waals surface area contributed by atoms with Crippen molar-refractivity contribution in [3.63, 3.8) is 0 Å². The van der Waals surface area contributed by atoms with E-state index in [1.54, 1.807) is 10.6 Å². The van der Waals surface area contributed by atoms with Gasteiger partial charge in [0, 0.05) is 24.2 Å². The Morgan fingerprint density at radius 1 is 1.08 bits per heavy atom. The molecule has 0 fully saturated rings. The summed E-state index contributed by atoms with van der Waals surface area (Å²) < 4.78 is 12.4. The van der Waals surface area contributed by atoms with E-state index in [1.165, 1.54) is 11.3 Å². The molecule has 24 heavy (non-hydrogen) atoms. The molecule has 2 nitrogen and oxygen atoms in total. The molecule has 2 unspecified atom stereocenters. The van der Waals surface area contributed by atoms with E-state index < -0.39 is 15.6 Å². The van der Waals surface area contributed by atoms with Gasteiger partial charge in [0.1, 0.15) is 29.8 Å². The monoisotopic (exact) mass is 361 g/mol. The lowest BCUT2D eigenvalue weighted by molar-refractivity contribution is 0.202. The molecule has 3 rings (SSSR count). The van der Waals surface area contributed by atoms with E-state index in [0.717, 1.165) is 6.16 Å². The molecule has 0 saturated heterocycles. The van der Waals surface area contributed by atoms with Gasteiger partial charge >= 0.3 is 0 Å². The Bertz CT molecular complexity index is 695. The van der Waals surface area contributed by atoms with Crippen molar-refractivity contribution in [3.05, 3.63) is 53.0 Å². The highest BCUT2D eigenvalue weighted by Gasteiger charge is 2.74. The zero-order chi connectivity index (χ0) is 17.8. The van der Waals surface area contributed by atoms with Crippen LogP contribution in [0, 0.1) is 5.41 Å². The summed E-state index contributed by atoms with van der Waals surface area (Å²) in [6.45, 7) is 13.8. The van der Waals surface area contributed by atoms with E-state index in [4.69, 9.17) is 9.16 Å². The first-order valence-electron chi connectivity index (χ1n) is 8.71. The van der Waals surface area contributed by atoms with Gasteiger partial charge < -0.3 is 9.16 Å². The van der Waals surface area contributed by atoms with E-state index in [-0.39, 0.29) is 11.3 Å². The van der Waals surface area contributed by atoms with Gasteiger partial charge in [-0.2, -0.15) is 0 Å². The van der Waals surface area contributed by atoms with Crippen molar-refractivity contribution in [2.45, 2.75) is 46.3 Å². The molecule has 0 aliphatic carbocycles. The zero-order valence-electron chi connectivity index (χ0n) is 16.0. The minimum atomic E-state index is -1.59. The normalized spacial score (nSPS) is 26.8. The molecule has 1 aromatic rings. The predicted molar refractivity (Wildman–Crippen MR) is 108 cm³/mol. The van der Waals surface area contributed by atoms with Gasteiger partial charge in [-0.3, -0.25) is 0 Å². The molecule has 0 amide bonds. The molecule has 0 radical (unpaired) electrons. The van der Waals surface area contributed by atoms with Crippen molar-refractivity contribution < 1.29 is 9.16 Å². The molecule has 1 spiro atoms. The summed E-state index contributed by atoms with van der Waals surface area (Å²) in [6.07, 6.45) is 3.32. The molecule has 4 heteroatoms. The maximum absolute atomic E-state index is 6.37. The second-order valence-electron chi connectivity index (χ2n) is 8.81. The number of allylic oxidation sites excluding steroid dienone is 2. The fourth-order valence-electron chi connectivity index (χ4n) is 4.00. The van der Waals surface area contributed by atoms with E-state index in [1.807, 2.05) is 7.11 Å². The van der Waals surface area contributed by atoms with Gasteiger partial charge in [-0.15, -0.1) is 0 Å². The van der Waals surface area contributed by atoms with E-state index in [0.29, 0.717) is 0 Å². The van der Waals surface area contributed by atoms with Crippen LogP contribution >= 0.6 is 7.26 Å². The Hall–Kier alpha value is -0.893. The quantitative estimate of drug-likeness (QED) is 0.473. The fourth-order valence-corrected chi connectivity index (χ4v) is 10.7. The third kappa shape index (κ3) is 3.03. The molecule has 130 valence electrons. The van der Waals surface area contributed by atoms with Crippen molar-refractivity contribution >= 4 is 20.9 Å². The van der Waals surface area contributed by atoms with Crippen LogP contribution < -0.4 is 0 Å². The minimum absolute atomic E-state index is 0.179. The van der Waals surface area contributed by atoms with Crippen LogP contribution in [0.15, 0.2) is 47.5 Å². The number of ether oxygens (including phenoxy) is 1. The summed E-state index contributed by atoms with van der Waals surface area (Å²) in [5.41, 5.74) is 1.55. The van der Waals surface area contributed by atoms with Crippen LogP contribution in [0.5, 0.6) is 0 Å². The molecule has 0 aromatic heterocycles. The first kappa shape index (κ1) is 17.9. The third-order valence-corrected chi connectivity index (χ3v) is 10.2. The van der Waals surface area contributed by atoms with E-state index in [2.05, 4.69) is 76.8 Å². The van der Waals surface area contributed by atoms with Gasteiger partial charge in [-0.1, -0.05) is 51.1 Å². The van der Waals surface area contributed by atoms with E-state index in [9.17, 15) is 0 Å². The third-order valence-electron chi connectivity index (χ3n) is 4.58. The maximum atomic E-state index is 6.37. The van der Waals surface area contributed by atoms with Crippen LogP contribution in [-0.4, -0.2) is 27.4 Å². The van der Waals surface area contributed by atoms with Crippen LogP contribution in [0.25, 0.3) is 5.31 Å². The lowest BCUT2D eigenvalue weighted by atomic mass is 9.95. The van der Waals surface area contributed by atoms with Crippen molar-refractivity contribution in [2.75, 3.05) is 13.3 Å². The highest BCUT2D eigenvalue weighted by atomic mass is 31.2. The van der Waals surface area contributed by atoms with Gasteiger partial charge in [0.2, 0.25) is 8.32 Å². The lowest BCUT2D eigenvalue weighted by Crippen LogP contribution is -2.25. The standard InChI is InChI=1S/C20H30O2PSi/c1-20(2,3)19-18(15-11-9-8-10-12-15)23(19)14-16(13-17(23)21-4)22-24(5,6)7/h8-13,17H,14H2,1-7H3/q+1. The molecular weight excluding hydrogens is 331 g/mol. The first-order valence-corrected chi connectivity index (χ1v) is 14.2. The Morgan fingerprint density at radius 3 is 2.21 bits per heavy atom. The molecule has 2 aliphatic heterocycles. The number of methoxy groups -OCH3 is 1. The topological polar surface area (TPSA) is 18.5 Å². The molecule has 0 saturated carbocycles. The second-order valence-corrected chi connectivity index (χ2v) is 16.7. The second kappa shape index (κ2) is 5.83. The molecule has 0 N–H and O–H groups in total. The maximum Gasteiger partial charge on any atom is 0.241 e. The Kier molecular flexibility index (Phi) is 4.35. The van der Waals surface area contributed by atoms with Crippen molar-refractivity contribution in [1.82, 2.24) is 0 Å². The number of hydrogen-bond acceptors (Lipinski definition) is 2. The number of hydrogen-bond donors (Lipinski definition) is 0. The molecule has 2 aliphatic rings. The van der Waals surface area contributed by atoms with Crippen LogP contribution in [0.2, 0.25) is 19.6 Å². The highest BCUT2D eigenvalue weighted by molar-refractivity contribution is 7.98. The Morgan fingerprint density at radius 2 is 1.71 bits per heavy atom. The molecular formula is C20H30O2PSi+. The van der Waals surface area contributed by atoms with Gasteiger partial charge in [0.15, 0.2) is 5.85 Å². The van der Waals surface area contributed by atoms with Gasteiger partial charge in [-0.05, 0) is 19.6 Å². The lowest BCUT2D eigenvalue weighted by Gasteiger charge is -2.21. The predicted octanol–water partition coefficient (Wildman–Crippen LogP) is 6.15. The van der Waals surface area contributed by atoms with Gasteiger partial charge in [-0.25, -0.2) is 0 Å². The Labute approximate surface area is 148 Å². The zero-order valence-corrected chi connectivity index (χ0v) is 17.9. The van der Waals surface area contributed by atoms with Crippen molar-refractivity contribution in [3.8, 4) is 0 Å². The minimum Gasteiger partial charge on any atom is -0.545 e. The van der Waals surface area contributed by atoms with Crippen molar-refractivity contribution in [2.24, 2.45) is 5.41 Å². The molecule has 2 atom stereocenters. The smallest absolute Gasteiger partial charge is 0.241 e. The average Bonchev–Trinajstić information content (AvgIpc) is 3.00. The summed E-state index contributed by atoms with van der Waals surface area (Å²) >= 11 is 0. The summed E-state index contributed by atoms with van der Waals surface area (Å²) in [6, 6.07) is 10.9. The first-order chi connectivity index (χ1) is 11.1. The SMILES string of the molecule is COC1C=C(O[Si](C)(C)C)C[P+]12C(c1ccccc1)=C2C(C)(C)C. The molecule has 0 bridgehead atoms. The van der Waals surface area contributed by atoms with Crippen LogP contribution in [0.4, 0.5) is 0 Å². The van der Waals surface area contributed by atoms with E-state index >= 15 is 0 Å². The van der Waals surface area contributed by atoms with Crippen LogP contribution in [-0.2, 0) is 9.16 Å². The number of rotatable bonds is 4. The molecule has 2 heterocycles. The van der Waals surface area contributed by atoms with Gasteiger partial charge in [0.25, 0.3) is 0 Å². The van der Waals surface area contributed by atoms with Gasteiger partial charge in [0.05, 0.1) is 0 Å². The largest absolute Gasteiger partial charge is 0.545 e. The average molecular weight is 362 g/mol. The summed E-state index contributed by atoms with van der Waals surface area (Å²) in [4.78, 5) is 0. The Balaban J connectivity index is 1.99. The number of benzene rings is 1. The fraction of sp³-hybridized carbons (Fsp3) is 0.500. The summed E-state index contributed by atoms with van der Waals surface area (Å²) in [5.74, 6) is 1.36. The van der Waals surface area contributed by atoms with Crippen LogP contribution in [0.3, 0.4) is 0 Å². The van der Waals surface area contributed by atoms with Crippen LogP contribution in [0.1, 0.15) is 26.3 Å².